The van der Waals surface area contributed by atoms with Gasteiger partial charge in [-0.3, -0.25) is 0 Å². The molecule has 0 radical (unpaired) electrons. The first-order chi connectivity index (χ1) is 11.2. The monoisotopic (exact) mass is 326 g/mol. The van der Waals surface area contributed by atoms with Crippen molar-refractivity contribution in [1.29, 1.82) is 0 Å². The van der Waals surface area contributed by atoms with Gasteiger partial charge in [-0.1, -0.05) is 29.4 Å². The summed E-state index contributed by atoms with van der Waals surface area (Å²) in [6.07, 6.45) is 11.1. The molecule has 1 atom stereocenters. The molecular formula is C22H30O2. The molecular weight excluding hydrogens is 296 g/mol. The third kappa shape index (κ3) is 4.31. The fourth-order valence-corrected chi connectivity index (χ4v) is 3.00. The summed E-state index contributed by atoms with van der Waals surface area (Å²) in [5, 5.41) is 10.3. The predicted octanol–water partition coefficient (Wildman–Crippen LogP) is 5.82. The molecule has 130 valence electrons. The van der Waals surface area contributed by atoms with E-state index in [1.165, 1.54) is 16.7 Å². The van der Waals surface area contributed by atoms with Crippen molar-refractivity contribution in [1.82, 2.24) is 0 Å². The Morgan fingerprint density at radius 2 is 1.96 bits per heavy atom. The zero-order chi connectivity index (χ0) is 17.9. The normalized spacial score (nSPS) is 19.6. The second kappa shape index (κ2) is 7.29. The summed E-state index contributed by atoms with van der Waals surface area (Å²) in [5.74, 6) is 1.24. The Balaban J connectivity index is 2.42. The van der Waals surface area contributed by atoms with Crippen LogP contribution in [0.3, 0.4) is 0 Å². The topological polar surface area (TPSA) is 29.5 Å². The molecule has 0 amide bonds. The van der Waals surface area contributed by atoms with Crippen LogP contribution < -0.4 is 4.74 Å². The van der Waals surface area contributed by atoms with Crippen LogP contribution in [0.25, 0.3) is 0 Å². The lowest BCUT2D eigenvalue weighted by atomic mass is 9.88. The molecule has 0 saturated heterocycles. The number of fused-ring (bicyclic) bond motifs is 1. The van der Waals surface area contributed by atoms with Gasteiger partial charge in [-0.05, 0) is 78.5 Å². The second-order valence-electron chi connectivity index (χ2n) is 7.50. The van der Waals surface area contributed by atoms with Gasteiger partial charge < -0.3 is 9.84 Å². The van der Waals surface area contributed by atoms with Crippen molar-refractivity contribution in [2.24, 2.45) is 0 Å². The third-order valence-corrected chi connectivity index (χ3v) is 4.49. The smallest absolute Gasteiger partial charge is 0.131 e. The summed E-state index contributed by atoms with van der Waals surface area (Å²) in [6.45, 7) is 12.5. The van der Waals surface area contributed by atoms with E-state index in [1.54, 1.807) is 0 Å². The molecule has 0 unspecified atom stereocenters. The first kappa shape index (κ1) is 18.4. The first-order valence-electron chi connectivity index (χ1n) is 8.71. The number of benzene rings is 1. The molecule has 2 nitrogen and oxygen atoms in total. The summed E-state index contributed by atoms with van der Waals surface area (Å²) in [4.78, 5) is 0. The van der Waals surface area contributed by atoms with E-state index in [-0.39, 0.29) is 5.60 Å². The van der Waals surface area contributed by atoms with Crippen LogP contribution in [0.1, 0.15) is 57.7 Å². The van der Waals surface area contributed by atoms with E-state index in [0.717, 1.165) is 36.1 Å². The largest absolute Gasteiger partial charge is 0.508 e. The summed E-state index contributed by atoms with van der Waals surface area (Å²) in [7, 11) is 0. The van der Waals surface area contributed by atoms with Gasteiger partial charge in [0.05, 0.1) is 0 Å². The molecule has 0 bridgehead atoms. The van der Waals surface area contributed by atoms with Gasteiger partial charge >= 0.3 is 0 Å². The molecule has 2 heteroatoms. The van der Waals surface area contributed by atoms with Crippen molar-refractivity contribution in [3.8, 4) is 11.5 Å². The molecule has 2 rings (SSSR count). The Hall–Kier alpha value is -1.96. The fourth-order valence-electron chi connectivity index (χ4n) is 3.00. The summed E-state index contributed by atoms with van der Waals surface area (Å²) >= 11 is 0. The molecule has 0 aliphatic carbocycles. The number of hydrogen-bond acceptors (Lipinski definition) is 2. The van der Waals surface area contributed by atoms with E-state index in [2.05, 4.69) is 58.9 Å². The lowest BCUT2D eigenvalue weighted by Crippen LogP contribution is -2.34. The Bertz CT molecular complexity index is 699. The molecule has 0 fully saturated rings. The van der Waals surface area contributed by atoms with Crippen LogP contribution in [0.2, 0.25) is 0 Å². The Morgan fingerprint density at radius 1 is 1.25 bits per heavy atom. The fraction of sp³-hybridized carbons (Fsp3) is 0.455. The number of aromatic hydroxyl groups is 1. The second-order valence-corrected chi connectivity index (χ2v) is 7.50. The van der Waals surface area contributed by atoms with Gasteiger partial charge in [-0.25, -0.2) is 0 Å². The average Bonchev–Trinajstić information content (AvgIpc) is 2.45. The van der Waals surface area contributed by atoms with Crippen molar-refractivity contribution >= 4 is 0 Å². The minimum atomic E-state index is -0.334. The SMILES string of the molecule is CC(C)=CC=C[C@@]1(C)CCc2c(O)cc(C)c(CC=C(C)C)c2O1. The standard InChI is InChI=1S/C22H30O2/c1-15(2)8-7-12-22(6)13-11-19-20(23)14-17(5)18(21(19)24-22)10-9-16(3)4/h7-9,12,14,23H,10-11,13H2,1-6H3/t22-/m0/s1. The molecule has 24 heavy (non-hydrogen) atoms. The number of ether oxygens (including phenoxy) is 1. The van der Waals surface area contributed by atoms with Crippen LogP contribution in [0.4, 0.5) is 0 Å². The Labute approximate surface area is 146 Å². The van der Waals surface area contributed by atoms with Crippen molar-refractivity contribution in [3.63, 3.8) is 0 Å². The molecule has 1 aromatic carbocycles. The molecule has 0 aromatic heterocycles. The zero-order valence-corrected chi connectivity index (χ0v) is 15.9. The number of phenolic OH excluding ortho intramolecular Hbond substituents is 1. The lowest BCUT2D eigenvalue weighted by molar-refractivity contribution is 0.112. The van der Waals surface area contributed by atoms with Crippen molar-refractivity contribution in [3.05, 3.63) is 58.2 Å². The minimum Gasteiger partial charge on any atom is -0.508 e. The quantitative estimate of drug-likeness (QED) is 0.558. The van der Waals surface area contributed by atoms with Gasteiger partial charge in [0.1, 0.15) is 17.1 Å². The maximum atomic E-state index is 10.3. The number of rotatable bonds is 4. The zero-order valence-electron chi connectivity index (χ0n) is 15.9. The number of allylic oxidation sites excluding steroid dienone is 5. The van der Waals surface area contributed by atoms with E-state index >= 15 is 0 Å². The van der Waals surface area contributed by atoms with Crippen molar-refractivity contribution in [2.45, 2.75) is 66.4 Å². The average molecular weight is 326 g/mol. The maximum absolute atomic E-state index is 10.3. The van der Waals surface area contributed by atoms with Gasteiger partial charge in [0.25, 0.3) is 0 Å². The molecule has 1 aliphatic rings. The van der Waals surface area contributed by atoms with Crippen LogP contribution >= 0.6 is 0 Å². The van der Waals surface area contributed by atoms with Crippen LogP contribution in [0.5, 0.6) is 11.5 Å². The predicted molar refractivity (Wildman–Crippen MR) is 102 cm³/mol. The van der Waals surface area contributed by atoms with Crippen molar-refractivity contribution < 1.29 is 9.84 Å². The highest BCUT2D eigenvalue weighted by molar-refractivity contribution is 5.55. The summed E-state index contributed by atoms with van der Waals surface area (Å²) in [5.41, 5.74) is 5.44. The molecule has 0 spiro atoms. The molecule has 1 heterocycles. The van der Waals surface area contributed by atoms with E-state index in [0.29, 0.717) is 5.75 Å². The van der Waals surface area contributed by atoms with Gasteiger partial charge in [0.15, 0.2) is 0 Å². The highest BCUT2D eigenvalue weighted by Crippen LogP contribution is 2.43. The van der Waals surface area contributed by atoms with E-state index in [4.69, 9.17) is 4.74 Å². The lowest BCUT2D eigenvalue weighted by Gasteiger charge is -2.35. The van der Waals surface area contributed by atoms with Crippen LogP contribution in [0.15, 0.2) is 41.5 Å². The van der Waals surface area contributed by atoms with Gasteiger partial charge in [-0.2, -0.15) is 0 Å². The number of aryl methyl sites for hydroxylation is 1. The highest BCUT2D eigenvalue weighted by Gasteiger charge is 2.32. The Morgan fingerprint density at radius 3 is 2.58 bits per heavy atom. The number of phenols is 1. The number of hydrogen-bond donors (Lipinski definition) is 1. The van der Waals surface area contributed by atoms with Gasteiger partial charge in [-0.15, -0.1) is 0 Å². The highest BCUT2D eigenvalue weighted by atomic mass is 16.5. The summed E-state index contributed by atoms with van der Waals surface area (Å²) < 4.78 is 6.42. The first-order valence-corrected chi connectivity index (χ1v) is 8.71. The van der Waals surface area contributed by atoms with E-state index in [9.17, 15) is 5.11 Å². The summed E-state index contributed by atoms with van der Waals surface area (Å²) in [6, 6.07) is 1.87. The van der Waals surface area contributed by atoms with E-state index in [1.807, 2.05) is 13.0 Å². The minimum absolute atomic E-state index is 0.334. The molecule has 1 aliphatic heterocycles. The molecule has 1 aromatic rings. The van der Waals surface area contributed by atoms with Gasteiger partial charge in [0.2, 0.25) is 0 Å². The molecule has 1 N–H and O–H groups in total. The third-order valence-electron chi connectivity index (χ3n) is 4.49. The molecule has 0 saturated carbocycles. The van der Waals surface area contributed by atoms with E-state index < -0.39 is 0 Å². The van der Waals surface area contributed by atoms with Crippen LogP contribution in [0, 0.1) is 6.92 Å². The Kier molecular flexibility index (Phi) is 5.58. The van der Waals surface area contributed by atoms with Crippen molar-refractivity contribution in [2.75, 3.05) is 0 Å². The van der Waals surface area contributed by atoms with Gasteiger partial charge in [0, 0.05) is 11.1 Å². The van der Waals surface area contributed by atoms with Crippen LogP contribution in [-0.2, 0) is 12.8 Å². The van der Waals surface area contributed by atoms with Crippen LogP contribution in [-0.4, -0.2) is 10.7 Å². The maximum Gasteiger partial charge on any atom is 0.131 e.